The number of piperidine rings is 1. The first-order valence-electron chi connectivity index (χ1n) is 9.29. The molecule has 2 heterocycles. The summed E-state index contributed by atoms with van der Waals surface area (Å²) in [5.41, 5.74) is 0.295. The number of carbonyl (C=O) groups is 1. The highest BCUT2D eigenvalue weighted by Crippen LogP contribution is 2.40. The molecular formula is C19H23N3O4S. The van der Waals surface area contributed by atoms with Gasteiger partial charge in [-0.15, -0.1) is 0 Å². The van der Waals surface area contributed by atoms with Crippen molar-refractivity contribution in [3.05, 3.63) is 47.9 Å². The molecule has 144 valence electrons. The van der Waals surface area contributed by atoms with E-state index in [4.69, 9.17) is 4.52 Å². The van der Waals surface area contributed by atoms with E-state index in [-0.39, 0.29) is 18.0 Å². The van der Waals surface area contributed by atoms with Crippen molar-refractivity contribution in [1.29, 1.82) is 0 Å². The molecule has 1 aliphatic heterocycles. The van der Waals surface area contributed by atoms with E-state index in [9.17, 15) is 13.2 Å². The van der Waals surface area contributed by atoms with E-state index >= 15 is 0 Å². The first kappa shape index (κ1) is 18.2. The summed E-state index contributed by atoms with van der Waals surface area (Å²) in [5, 5.41) is 6.83. The topological polar surface area (TPSA) is 92.5 Å². The molecule has 2 fully saturated rings. The number of nitrogens with one attached hydrogen (secondary N) is 1. The highest BCUT2D eigenvalue weighted by atomic mass is 32.2. The first-order chi connectivity index (χ1) is 12.9. The Morgan fingerprint density at radius 2 is 1.96 bits per heavy atom. The third kappa shape index (κ3) is 3.77. The van der Waals surface area contributed by atoms with Crippen molar-refractivity contribution in [3.8, 4) is 0 Å². The quantitative estimate of drug-likeness (QED) is 0.848. The average Bonchev–Trinajstić information content (AvgIpc) is 3.39. The number of benzene rings is 1. The Kier molecular flexibility index (Phi) is 4.77. The predicted molar refractivity (Wildman–Crippen MR) is 98.8 cm³/mol. The minimum atomic E-state index is -3.52. The van der Waals surface area contributed by atoms with Crippen LogP contribution in [0.1, 0.15) is 54.8 Å². The highest BCUT2D eigenvalue weighted by Gasteiger charge is 2.35. The van der Waals surface area contributed by atoms with Crippen LogP contribution in [0.15, 0.2) is 45.8 Å². The molecule has 0 radical (unpaired) electrons. The zero-order valence-corrected chi connectivity index (χ0v) is 16.0. The summed E-state index contributed by atoms with van der Waals surface area (Å²) in [5.74, 6) is 0.921. The van der Waals surface area contributed by atoms with Gasteiger partial charge < -0.3 is 9.84 Å². The van der Waals surface area contributed by atoms with E-state index in [0.717, 1.165) is 18.6 Å². The second-order valence-corrected chi connectivity index (χ2v) is 9.25. The summed E-state index contributed by atoms with van der Waals surface area (Å²) in [7, 11) is -3.52. The summed E-state index contributed by atoms with van der Waals surface area (Å²) in [6.07, 6.45) is 3.30. The van der Waals surface area contributed by atoms with Crippen LogP contribution in [0.25, 0.3) is 0 Å². The molecule has 2 aliphatic rings. The SMILES string of the molecule is C[C@@H]1C[C@H](NC(=O)c2cc(C3CC3)on2)CCN1S(=O)(=O)c1ccccc1. The smallest absolute Gasteiger partial charge is 0.273 e. The lowest BCUT2D eigenvalue weighted by Crippen LogP contribution is -2.50. The molecule has 1 saturated carbocycles. The van der Waals surface area contributed by atoms with E-state index in [1.54, 1.807) is 36.4 Å². The van der Waals surface area contributed by atoms with E-state index < -0.39 is 10.0 Å². The molecule has 2 aromatic rings. The predicted octanol–water partition coefficient (Wildman–Crippen LogP) is 2.52. The summed E-state index contributed by atoms with van der Waals surface area (Å²) in [6, 6.07) is 9.88. The number of sulfonamides is 1. The van der Waals surface area contributed by atoms with Crippen LogP contribution >= 0.6 is 0 Å². The second kappa shape index (κ2) is 7.09. The van der Waals surface area contributed by atoms with Gasteiger partial charge in [-0.05, 0) is 44.7 Å². The molecule has 0 unspecified atom stereocenters. The molecule has 7 nitrogen and oxygen atoms in total. The fraction of sp³-hybridized carbons (Fsp3) is 0.474. The number of aromatic nitrogens is 1. The van der Waals surface area contributed by atoms with Crippen molar-refractivity contribution in [1.82, 2.24) is 14.8 Å². The van der Waals surface area contributed by atoms with Gasteiger partial charge in [0.2, 0.25) is 10.0 Å². The maximum Gasteiger partial charge on any atom is 0.273 e. The van der Waals surface area contributed by atoms with Crippen LogP contribution in [0, 0.1) is 0 Å². The van der Waals surface area contributed by atoms with Crippen LogP contribution in [-0.4, -0.2) is 42.4 Å². The van der Waals surface area contributed by atoms with Crippen molar-refractivity contribution >= 4 is 15.9 Å². The molecule has 4 rings (SSSR count). The van der Waals surface area contributed by atoms with E-state index in [1.165, 1.54) is 4.31 Å². The zero-order chi connectivity index (χ0) is 19.0. The fourth-order valence-electron chi connectivity index (χ4n) is 3.58. The van der Waals surface area contributed by atoms with Crippen LogP contribution < -0.4 is 5.32 Å². The molecule has 1 aromatic heterocycles. The molecule has 0 spiro atoms. The van der Waals surface area contributed by atoms with Crippen LogP contribution in [0.5, 0.6) is 0 Å². The molecular weight excluding hydrogens is 366 g/mol. The Labute approximate surface area is 158 Å². The largest absolute Gasteiger partial charge is 0.360 e. The summed E-state index contributed by atoms with van der Waals surface area (Å²) >= 11 is 0. The number of amides is 1. The van der Waals surface area contributed by atoms with E-state index in [2.05, 4.69) is 10.5 Å². The third-order valence-corrected chi connectivity index (χ3v) is 7.27. The van der Waals surface area contributed by atoms with Crippen molar-refractivity contribution < 1.29 is 17.7 Å². The van der Waals surface area contributed by atoms with Crippen LogP contribution in [0.4, 0.5) is 0 Å². The molecule has 1 N–H and O–H groups in total. The minimum Gasteiger partial charge on any atom is -0.360 e. The minimum absolute atomic E-state index is 0.0872. The van der Waals surface area contributed by atoms with Crippen molar-refractivity contribution in [2.24, 2.45) is 0 Å². The van der Waals surface area contributed by atoms with E-state index in [0.29, 0.717) is 35.9 Å². The average molecular weight is 389 g/mol. The monoisotopic (exact) mass is 389 g/mol. The number of carbonyl (C=O) groups excluding carboxylic acids is 1. The molecule has 0 bridgehead atoms. The Morgan fingerprint density at radius 1 is 1.22 bits per heavy atom. The zero-order valence-electron chi connectivity index (χ0n) is 15.2. The molecule has 2 atom stereocenters. The van der Waals surface area contributed by atoms with Crippen molar-refractivity contribution in [3.63, 3.8) is 0 Å². The van der Waals surface area contributed by atoms with E-state index in [1.807, 2.05) is 6.92 Å². The van der Waals surface area contributed by atoms with Gasteiger partial charge in [0.1, 0.15) is 5.76 Å². The summed E-state index contributed by atoms with van der Waals surface area (Å²) in [4.78, 5) is 12.7. The Morgan fingerprint density at radius 3 is 2.63 bits per heavy atom. The molecule has 1 aromatic carbocycles. The molecule has 8 heteroatoms. The highest BCUT2D eigenvalue weighted by molar-refractivity contribution is 7.89. The van der Waals surface area contributed by atoms with Gasteiger partial charge >= 0.3 is 0 Å². The fourth-order valence-corrected chi connectivity index (χ4v) is 5.26. The third-order valence-electron chi connectivity index (χ3n) is 5.24. The van der Waals surface area contributed by atoms with Crippen molar-refractivity contribution in [2.75, 3.05) is 6.54 Å². The maximum absolute atomic E-state index is 12.8. The lowest BCUT2D eigenvalue weighted by atomic mass is 10.0. The molecule has 1 aliphatic carbocycles. The van der Waals surface area contributed by atoms with Gasteiger partial charge in [-0.2, -0.15) is 4.31 Å². The normalized spacial score (nSPS) is 23.9. The van der Waals surface area contributed by atoms with Gasteiger partial charge in [0.05, 0.1) is 4.90 Å². The van der Waals surface area contributed by atoms with Gasteiger partial charge in [-0.1, -0.05) is 23.4 Å². The molecule has 1 amide bonds. The Hall–Kier alpha value is -2.19. The van der Waals surface area contributed by atoms with Crippen LogP contribution in [0.3, 0.4) is 0 Å². The van der Waals surface area contributed by atoms with Crippen molar-refractivity contribution in [2.45, 2.75) is 55.5 Å². The Bertz CT molecular complexity index is 921. The number of hydrogen-bond acceptors (Lipinski definition) is 5. The summed E-state index contributed by atoms with van der Waals surface area (Å²) in [6.45, 7) is 2.25. The van der Waals surface area contributed by atoms with Gasteiger partial charge in [-0.25, -0.2) is 8.42 Å². The maximum atomic E-state index is 12.8. The summed E-state index contributed by atoms with van der Waals surface area (Å²) < 4.78 is 32.4. The lowest BCUT2D eigenvalue weighted by molar-refractivity contribution is 0.0905. The molecule has 1 saturated heterocycles. The van der Waals surface area contributed by atoms with Gasteiger partial charge in [0.15, 0.2) is 5.69 Å². The number of hydrogen-bond donors (Lipinski definition) is 1. The number of rotatable bonds is 5. The van der Waals surface area contributed by atoms with Gasteiger partial charge in [0.25, 0.3) is 5.91 Å². The van der Waals surface area contributed by atoms with Gasteiger partial charge in [-0.3, -0.25) is 4.79 Å². The van der Waals surface area contributed by atoms with Gasteiger partial charge in [0, 0.05) is 30.6 Å². The lowest BCUT2D eigenvalue weighted by Gasteiger charge is -2.36. The molecule has 27 heavy (non-hydrogen) atoms. The second-order valence-electron chi connectivity index (χ2n) is 7.36. The van der Waals surface area contributed by atoms with Crippen LogP contribution in [0.2, 0.25) is 0 Å². The standard InChI is InChI=1S/C19H23N3O4S/c1-13-11-15(20-19(23)17-12-18(26-21-17)14-7-8-14)9-10-22(13)27(24,25)16-5-3-2-4-6-16/h2-6,12-15H,7-11H2,1H3,(H,20,23)/t13-,15-/m1/s1. The number of nitrogens with zero attached hydrogens (tertiary/aromatic N) is 2. The first-order valence-corrected chi connectivity index (χ1v) is 10.7. The van der Waals surface area contributed by atoms with Crippen LogP contribution in [-0.2, 0) is 10.0 Å². The Balaban J connectivity index is 1.38.